The molecule has 1 fully saturated rings. The van der Waals surface area contributed by atoms with Crippen LogP contribution in [0.3, 0.4) is 0 Å². The number of benzene rings is 2. The van der Waals surface area contributed by atoms with Crippen molar-refractivity contribution in [2.24, 2.45) is 0 Å². The highest BCUT2D eigenvalue weighted by Crippen LogP contribution is 2.28. The lowest BCUT2D eigenvalue weighted by Crippen LogP contribution is -2.23. The summed E-state index contributed by atoms with van der Waals surface area (Å²) in [6.07, 6.45) is 3.33. The molecule has 2 aromatic carbocycles. The molecule has 1 amide bonds. The Balaban J connectivity index is 1.50. The van der Waals surface area contributed by atoms with E-state index < -0.39 is 0 Å². The summed E-state index contributed by atoms with van der Waals surface area (Å²) in [5, 5.41) is 2.99. The van der Waals surface area contributed by atoms with Gasteiger partial charge >= 0.3 is 0 Å². The average Bonchev–Trinajstić information content (AvgIpc) is 3.27. The molecule has 144 valence electrons. The Morgan fingerprint density at radius 1 is 1.04 bits per heavy atom. The summed E-state index contributed by atoms with van der Waals surface area (Å²) in [6, 6.07) is 15.6. The first-order chi connectivity index (χ1) is 13.7. The molecule has 1 saturated heterocycles. The van der Waals surface area contributed by atoms with Gasteiger partial charge in [-0.3, -0.25) is 4.79 Å². The van der Waals surface area contributed by atoms with E-state index in [1.807, 2.05) is 48.5 Å². The smallest absolute Gasteiger partial charge is 0.225 e. The van der Waals surface area contributed by atoms with Crippen molar-refractivity contribution in [3.05, 3.63) is 54.1 Å². The van der Waals surface area contributed by atoms with Gasteiger partial charge in [-0.2, -0.15) is 0 Å². The van der Waals surface area contributed by atoms with Crippen LogP contribution < -0.4 is 15.0 Å². The van der Waals surface area contributed by atoms with Crippen LogP contribution in [-0.4, -0.2) is 36.1 Å². The quantitative estimate of drug-likeness (QED) is 0.709. The Morgan fingerprint density at radius 3 is 2.39 bits per heavy atom. The van der Waals surface area contributed by atoms with Crippen molar-refractivity contribution in [1.82, 2.24) is 9.97 Å². The number of fused-ring (bicyclic) bond motifs is 1. The van der Waals surface area contributed by atoms with E-state index in [4.69, 9.17) is 9.72 Å². The van der Waals surface area contributed by atoms with Gasteiger partial charge in [0.25, 0.3) is 0 Å². The molecule has 2 heterocycles. The van der Waals surface area contributed by atoms with Gasteiger partial charge in [0.15, 0.2) is 11.6 Å². The van der Waals surface area contributed by atoms with E-state index in [9.17, 15) is 4.79 Å². The van der Waals surface area contributed by atoms with Gasteiger partial charge in [-0.25, -0.2) is 9.97 Å². The fourth-order valence-corrected chi connectivity index (χ4v) is 3.47. The lowest BCUT2D eigenvalue weighted by Gasteiger charge is -2.20. The lowest BCUT2D eigenvalue weighted by atomic mass is 10.1. The number of methoxy groups -OCH3 is 1. The Hall–Kier alpha value is -3.15. The first kappa shape index (κ1) is 18.2. The molecule has 6 heteroatoms. The molecule has 0 atom stereocenters. The van der Waals surface area contributed by atoms with Crippen LogP contribution >= 0.6 is 0 Å². The maximum absolute atomic E-state index is 12.6. The van der Waals surface area contributed by atoms with Gasteiger partial charge in [0.2, 0.25) is 5.91 Å². The minimum Gasteiger partial charge on any atom is -0.497 e. The molecule has 4 rings (SSSR count). The number of nitrogens with zero attached hydrogens (tertiary/aromatic N) is 3. The predicted octanol–water partition coefficient (Wildman–Crippen LogP) is 3.81. The Morgan fingerprint density at radius 2 is 1.71 bits per heavy atom. The highest BCUT2D eigenvalue weighted by molar-refractivity contribution is 5.94. The minimum atomic E-state index is -0.0548. The van der Waals surface area contributed by atoms with Crippen molar-refractivity contribution in [2.75, 3.05) is 30.4 Å². The Labute approximate surface area is 164 Å². The number of anilines is 2. The van der Waals surface area contributed by atoms with Gasteiger partial charge < -0.3 is 15.0 Å². The van der Waals surface area contributed by atoms with E-state index in [-0.39, 0.29) is 5.91 Å². The number of ether oxygens (including phenoxy) is 1. The van der Waals surface area contributed by atoms with Crippen molar-refractivity contribution in [3.8, 4) is 5.75 Å². The van der Waals surface area contributed by atoms with Crippen LogP contribution in [-0.2, 0) is 11.2 Å². The number of carbonyl (C=O) groups excluding carboxylic acids is 1. The van der Waals surface area contributed by atoms with Crippen molar-refractivity contribution >= 4 is 28.6 Å². The summed E-state index contributed by atoms with van der Waals surface area (Å²) in [7, 11) is 1.64. The Bertz CT molecular complexity index is 966. The van der Waals surface area contributed by atoms with E-state index in [1.54, 1.807) is 7.11 Å². The minimum absolute atomic E-state index is 0.0548. The molecular formula is C22H24N4O2. The van der Waals surface area contributed by atoms with Crippen LogP contribution in [0.5, 0.6) is 5.75 Å². The maximum Gasteiger partial charge on any atom is 0.225 e. The second-order valence-electron chi connectivity index (χ2n) is 6.97. The van der Waals surface area contributed by atoms with Gasteiger partial charge in [-0.15, -0.1) is 0 Å². The second-order valence-corrected chi connectivity index (χ2v) is 6.97. The van der Waals surface area contributed by atoms with Gasteiger partial charge in [-0.05, 0) is 49.1 Å². The molecular weight excluding hydrogens is 352 g/mol. The van der Waals surface area contributed by atoms with Crippen LogP contribution in [0.4, 0.5) is 11.6 Å². The number of hydrogen-bond acceptors (Lipinski definition) is 5. The zero-order valence-electron chi connectivity index (χ0n) is 16.0. The summed E-state index contributed by atoms with van der Waals surface area (Å²) in [5.74, 6) is 2.09. The number of rotatable bonds is 6. The van der Waals surface area contributed by atoms with E-state index in [0.717, 1.165) is 54.1 Å². The molecule has 0 aliphatic carbocycles. The first-order valence-corrected chi connectivity index (χ1v) is 9.67. The number of hydrogen-bond donors (Lipinski definition) is 1. The number of aryl methyl sites for hydroxylation is 1. The summed E-state index contributed by atoms with van der Waals surface area (Å²) in [5.41, 5.74) is 2.73. The molecule has 1 N–H and O–H groups in total. The number of nitrogens with one attached hydrogen (secondary N) is 1. The zero-order valence-corrected chi connectivity index (χ0v) is 16.0. The highest BCUT2D eigenvalue weighted by atomic mass is 16.5. The summed E-state index contributed by atoms with van der Waals surface area (Å²) < 4.78 is 5.17. The van der Waals surface area contributed by atoms with Crippen molar-refractivity contribution < 1.29 is 9.53 Å². The van der Waals surface area contributed by atoms with Gasteiger partial charge in [0.1, 0.15) is 5.75 Å². The van der Waals surface area contributed by atoms with Crippen LogP contribution in [0.1, 0.15) is 24.8 Å². The number of carbonyl (C=O) groups is 1. The largest absolute Gasteiger partial charge is 0.497 e. The van der Waals surface area contributed by atoms with Crippen LogP contribution in [0.15, 0.2) is 48.5 Å². The molecule has 0 spiro atoms. The standard InChI is InChI=1S/C22H24N4O2/c1-28-17-11-8-16(9-12-17)10-13-20(27)25-21-22(26-14-4-5-15-26)24-19-7-3-2-6-18(19)23-21/h2-3,6-9,11-12H,4-5,10,13-15H2,1H3,(H,23,25,27). The van der Waals surface area contributed by atoms with Crippen LogP contribution in [0.2, 0.25) is 0 Å². The van der Waals surface area contributed by atoms with Crippen LogP contribution in [0.25, 0.3) is 11.0 Å². The molecule has 0 radical (unpaired) electrons. The van der Waals surface area contributed by atoms with Gasteiger partial charge in [0, 0.05) is 19.5 Å². The summed E-state index contributed by atoms with van der Waals surface area (Å²) >= 11 is 0. The number of amides is 1. The third-order valence-corrected chi connectivity index (χ3v) is 5.02. The molecule has 3 aromatic rings. The Kier molecular flexibility index (Phi) is 5.37. The monoisotopic (exact) mass is 376 g/mol. The molecule has 1 aliphatic rings. The first-order valence-electron chi connectivity index (χ1n) is 9.67. The zero-order chi connectivity index (χ0) is 19.3. The topological polar surface area (TPSA) is 67.3 Å². The van der Waals surface area contributed by atoms with Crippen LogP contribution in [0, 0.1) is 0 Å². The number of aromatic nitrogens is 2. The van der Waals surface area contributed by atoms with Crippen molar-refractivity contribution in [1.29, 1.82) is 0 Å². The van der Waals surface area contributed by atoms with Gasteiger partial charge in [-0.1, -0.05) is 24.3 Å². The molecule has 1 aromatic heterocycles. The number of para-hydroxylation sites is 2. The fourth-order valence-electron chi connectivity index (χ4n) is 3.47. The van der Waals surface area contributed by atoms with Gasteiger partial charge in [0.05, 0.1) is 18.1 Å². The third-order valence-electron chi connectivity index (χ3n) is 5.02. The van der Waals surface area contributed by atoms with E-state index in [2.05, 4.69) is 15.2 Å². The molecule has 28 heavy (non-hydrogen) atoms. The van der Waals surface area contributed by atoms with E-state index in [0.29, 0.717) is 18.7 Å². The molecule has 0 bridgehead atoms. The molecule has 0 unspecified atom stereocenters. The highest BCUT2D eigenvalue weighted by Gasteiger charge is 2.20. The van der Waals surface area contributed by atoms with Crippen molar-refractivity contribution in [2.45, 2.75) is 25.7 Å². The van der Waals surface area contributed by atoms with E-state index >= 15 is 0 Å². The SMILES string of the molecule is COc1ccc(CCC(=O)Nc2nc3ccccc3nc2N2CCCC2)cc1. The second kappa shape index (κ2) is 8.25. The maximum atomic E-state index is 12.6. The molecule has 6 nitrogen and oxygen atoms in total. The van der Waals surface area contributed by atoms with Crippen molar-refractivity contribution in [3.63, 3.8) is 0 Å². The normalized spacial score (nSPS) is 13.7. The molecule has 1 aliphatic heterocycles. The van der Waals surface area contributed by atoms with E-state index in [1.165, 1.54) is 0 Å². The predicted molar refractivity (Wildman–Crippen MR) is 111 cm³/mol. The third kappa shape index (κ3) is 4.06. The fraction of sp³-hybridized carbons (Fsp3) is 0.318. The molecule has 0 saturated carbocycles. The summed E-state index contributed by atoms with van der Waals surface area (Å²) in [4.78, 5) is 24.3. The average molecular weight is 376 g/mol. The lowest BCUT2D eigenvalue weighted by molar-refractivity contribution is -0.116. The summed E-state index contributed by atoms with van der Waals surface area (Å²) in [6.45, 7) is 1.89.